The molecule has 0 saturated carbocycles. The van der Waals surface area contributed by atoms with Crippen molar-refractivity contribution < 1.29 is 19.0 Å². The fourth-order valence-electron chi connectivity index (χ4n) is 4.13. The van der Waals surface area contributed by atoms with Gasteiger partial charge in [-0.3, -0.25) is 4.79 Å². The number of carbonyl (C=O) groups is 1. The van der Waals surface area contributed by atoms with E-state index in [0.29, 0.717) is 32.7 Å². The number of amides is 1. The number of thiophene rings is 1. The molecule has 166 valence electrons. The van der Waals surface area contributed by atoms with Crippen molar-refractivity contribution in [1.29, 1.82) is 0 Å². The average molecular weight is 455 g/mol. The number of hydrogen-bond donors (Lipinski definition) is 3. The number of halogens is 1. The zero-order valence-corrected chi connectivity index (χ0v) is 18.9. The van der Waals surface area contributed by atoms with Gasteiger partial charge in [0.15, 0.2) is 0 Å². The lowest BCUT2D eigenvalue weighted by Crippen LogP contribution is -2.36. The van der Waals surface area contributed by atoms with Crippen LogP contribution in [0.3, 0.4) is 0 Å². The van der Waals surface area contributed by atoms with Gasteiger partial charge >= 0.3 is 6.09 Å². The number of aryl methyl sites for hydroxylation is 1. The molecule has 1 amide bonds. The second-order valence-corrected chi connectivity index (χ2v) is 9.29. The molecule has 0 saturated heterocycles. The van der Waals surface area contributed by atoms with Gasteiger partial charge in [0.05, 0.1) is 12.6 Å². The van der Waals surface area contributed by atoms with E-state index in [4.69, 9.17) is 9.84 Å². The van der Waals surface area contributed by atoms with Crippen LogP contribution in [0.5, 0.6) is 5.75 Å². The van der Waals surface area contributed by atoms with Gasteiger partial charge in [-0.15, -0.1) is 11.3 Å². The molecule has 4 aromatic rings. The van der Waals surface area contributed by atoms with Gasteiger partial charge < -0.3 is 20.1 Å². The van der Waals surface area contributed by atoms with Crippen molar-refractivity contribution in [2.75, 3.05) is 13.7 Å². The maximum absolute atomic E-state index is 15.3. The molecule has 0 spiro atoms. The minimum absolute atomic E-state index is 0.0755. The van der Waals surface area contributed by atoms with E-state index >= 15 is 4.39 Å². The minimum Gasteiger partial charge on any atom is -0.496 e. The first-order valence-electron chi connectivity index (χ1n) is 10.0. The summed E-state index contributed by atoms with van der Waals surface area (Å²) in [5, 5.41) is 14.7. The largest absolute Gasteiger partial charge is 0.496 e. The number of carboxylic acid groups (broad SMARTS) is 1. The molecule has 0 aliphatic carbocycles. The second kappa shape index (κ2) is 7.94. The Morgan fingerprint density at radius 3 is 2.69 bits per heavy atom. The van der Waals surface area contributed by atoms with Crippen molar-refractivity contribution in [1.82, 2.24) is 10.3 Å². The molecular formula is C24H23FN2O4S. The first kappa shape index (κ1) is 21.8. The Hall–Kier alpha value is -3.39. The van der Waals surface area contributed by atoms with Crippen LogP contribution >= 0.6 is 11.3 Å². The van der Waals surface area contributed by atoms with Crippen LogP contribution in [0.2, 0.25) is 0 Å². The number of benzene rings is 2. The number of fused-ring (bicyclic) bond motifs is 3. The van der Waals surface area contributed by atoms with Gasteiger partial charge in [0.2, 0.25) is 0 Å². The number of ether oxygens (including phenoxy) is 1. The Bertz CT molecular complexity index is 1420. The van der Waals surface area contributed by atoms with Crippen LogP contribution in [0, 0.1) is 12.7 Å². The number of hydrogen-bond acceptors (Lipinski definition) is 4. The number of pyridine rings is 1. The molecule has 0 atom stereocenters. The third kappa shape index (κ3) is 3.60. The van der Waals surface area contributed by atoms with Gasteiger partial charge in [-0.2, -0.15) is 0 Å². The monoisotopic (exact) mass is 454 g/mol. The fourth-order valence-corrected chi connectivity index (χ4v) is 4.92. The number of rotatable bonds is 5. The second-order valence-electron chi connectivity index (χ2n) is 8.38. The highest BCUT2D eigenvalue weighted by molar-refractivity contribution is 7.17. The Morgan fingerprint density at radius 2 is 2.03 bits per heavy atom. The summed E-state index contributed by atoms with van der Waals surface area (Å²) in [5.41, 5.74) is 2.34. The summed E-state index contributed by atoms with van der Waals surface area (Å²) >= 11 is 1.36. The van der Waals surface area contributed by atoms with Crippen molar-refractivity contribution in [3.63, 3.8) is 0 Å². The molecule has 0 bridgehead atoms. The summed E-state index contributed by atoms with van der Waals surface area (Å²) in [5.74, 6) is 0.134. The minimum atomic E-state index is -1.15. The standard InChI is InChI=1S/C24H23FN2O4S/c1-12-9-17(31-4)18(19-14-7-8-32-21(14)22(28)27-20(12)19)13-5-6-15(16(25)10-13)24(2,3)11-26-23(29)30/h5-10,26H,11H2,1-4H3,(H,27,28)(H,29,30). The molecule has 0 aliphatic rings. The highest BCUT2D eigenvalue weighted by Crippen LogP contribution is 2.42. The summed E-state index contributed by atoms with van der Waals surface area (Å²) in [4.78, 5) is 26.4. The molecule has 6 nitrogen and oxygen atoms in total. The van der Waals surface area contributed by atoms with E-state index in [9.17, 15) is 9.59 Å². The summed E-state index contributed by atoms with van der Waals surface area (Å²) in [6, 6.07) is 8.64. The van der Waals surface area contributed by atoms with Crippen LogP contribution in [0.25, 0.3) is 32.1 Å². The Morgan fingerprint density at radius 1 is 1.28 bits per heavy atom. The lowest BCUT2D eigenvalue weighted by Gasteiger charge is -2.26. The third-order valence-electron chi connectivity index (χ3n) is 5.76. The highest BCUT2D eigenvalue weighted by atomic mass is 32.1. The smallest absolute Gasteiger partial charge is 0.404 e. The number of H-pyrrole nitrogens is 1. The molecule has 2 aromatic heterocycles. The lowest BCUT2D eigenvalue weighted by atomic mass is 9.83. The maximum Gasteiger partial charge on any atom is 0.404 e. The predicted molar refractivity (Wildman–Crippen MR) is 126 cm³/mol. The maximum atomic E-state index is 15.3. The molecule has 0 aliphatic heterocycles. The molecular weight excluding hydrogens is 431 g/mol. The van der Waals surface area contributed by atoms with Gasteiger partial charge in [-0.25, -0.2) is 9.18 Å². The molecule has 8 heteroatoms. The molecule has 2 aromatic carbocycles. The summed E-state index contributed by atoms with van der Waals surface area (Å²) in [7, 11) is 1.56. The summed E-state index contributed by atoms with van der Waals surface area (Å²) in [6.07, 6.45) is -1.15. The number of methoxy groups -OCH3 is 1. The van der Waals surface area contributed by atoms with E-state index < -0.39 is 17.3 Å². The van der Waals surface area contributed by atoms with Crippen LogP contribution < -0.4 is 15.6 Å². The predicted octanol–water partition coefficient (Wildman–Crippen LogP) is 5.41. The van der Waals surface area contributed by atoms with Gasteiger partial charge in [0.1, 0.15) is 16.3 Å². The normalized spacial score (nSPS) is 11.8. The molecule has 2 heterocycles. The highest BCUT2D eigenvalue weighted by Gasteiger charge is 2.26. The molecule has 4 rings (SSSR count). The first-order valence-corrected chi connectivity index (χ1v) is 10.9. The number of aromatic amines is 1. The van der Waals surface area contributed by atoms with Crippen molar-refractivity contribution in [3.8, 4) is 16.9 Å². The zero-order valence-electron chi connectivity index (χ0n) is 18.1. The Kier molecular flexibility index (Phi) is 5.42. The van der Waals surface area contributed by atoms with Crippen molar-refractivity contribution in [2.45, 2.75) is 26.2 Å². The molecule has 32 heavy (non-hydrogen) atoms. The van der Waals surface area contributed by atoms with E-state index in [1.54, 1.807) is 33.1 Å². The SMILES string of the molecule is COc1cc(C)c2[nH]c(=O)c3sccc3c2c1-c1ccc(C(C)(C)CNC(=O)O)c(F)c1. The topological polar surface area (TPSA) is 91.4 Å². The van der Waals surface area contributed by atoms with E-state index in [2.05, 4.69) is 10.3 Å². The van der Waals surface area contributed by atoms with Crippen LogP contribution in [0.1, 0.15) is 25.0 Å². The van der Waals surface area contributed by atoms with Crippen molar-refractivity contribution in [3.05, 3.63) is 63.0 Å². The summed E-state index contributed by atoms with van der Waals surface area (Å²) in [6.45, 7) is 5.53. The average Bonchev–Trinajstić information content (AvgIpc) is 3.23. The van der Waals surface area contributed by atoms with E-state index in [0.717, 1.165) is 16.3 Å². The van der Waals surface area contributed by atoms with Crippen LogP contribution in [0.15, 0.2) is 40.5 Å². The molecule has 0 fully saturated rings. The molecule has 0 unspecified atom stereocenters. The van der Waals surface area contributed by atoms with Crippen LogP contribution in [-0.2, 0) is 5.41 Å². The number of nitrogens with one attached hydrogen (secondary N) is 2. The van der Waals surface area contributed by atoms with Crippen molar-refractivity contribution >= 4 is 38.4 Å². The fraction of sp³-hybridized carbons (Fsp3) is 0.250. The van der Waals surface area contributed by atoms with Crippen LogP contribution in [0.4, 0.5) is 9.18 Å². The zero-order chi connectivity index (χ0) is 23.2. The van der Waals surface area contributed by atoms with Gasteiger partial charge in [-0.1, -0.05) is 26.0 Å². The van der Waals surface area contributed by atoms with Gasteiger partial charge in [-0.05, 0) is 47.2 Å². The summed E-state index contributed by atoms with van der Waals surface area (Å²) < 4.78 is 21.6. The van der Waals surface area contributed by atoms with Gasteiger partial charge in [0.25, 0.3) is 5.56 Å². The number of aromatic nitrogens is 1. The van der Waals surface area contributed by atoms with Crippen LogP contribution in [-0.4, -0.2) is 29.8 Å². The molecule has 3 N–H and O–H groups in total. The Labute approximate surface area is 187 Å². The van der Waals surface area contributed by atoms with Gasteiger partial charge in [0, 0.05) is 28.3 Å². The quantitative estimate of drug-likeness (QED) is 0.376. The Balaban J connectivity index is 1.97. The van der Waals surface area contributed by atoms with E-state index in [1.165, 1.54) is 17.4 Å². The lowest BCUT2D eigenvalue weighted by molar-refractivity contribution is 0.191. The third-order valence-corrected chi connectivity index (χ3v) is 6.67. The molecule has 0 radical (unpaired) electrons. The first-order chi connectivity index (χ1) is 15.1. The van der Waals surface area contributed by atoms with E-state index in [-0.39, 0.29) is 12.1 Å². The van der Waals surface area contributed by atoms with Crippen molar-refractivity contribution in [2.24, 2.45) is 0 Å². The van der Waals surface area contributed by atoms with E-state index in [1.807, 2.05) is 24.4 Å².